The van der Waals surface area contributed by atoms with E-state index in [2.05, 4.69) is 9.97 Å². The van der Waals surface area contributed by atoms with Gasteiger partial charge < -0.3 is 9.64 Å². The Kier molecular flexibility index (Phi) is 4.22. The van der Waals surface area contributed by atoms with Crippen LogP contribution in [0, 0.1) is 6.92 Å². The molecule has 19 heavy (non-hydrogen) atoms. The summed E-state index contributed by atoms with van der Waals surface area (Å²) in [6, 6.07) is 9.60. The van der Waals surface area contributed by atoms with Crippen LogP contribution < -0.4 is 9.64 Å². The van der Waals surface area contributed by atoms with Gasteiger partial charge in [0.05, 0.1) is 13.7 Å². The average Bonchev–Trinajstić information content (AvgIpc) is 2.37. The zero-order chi connectivity index (χ0) is 13.8. The minimum absolute atomic E-state index is 0.474. The van der Waals surface area contributed by atoms with E-state index in [9.17, 15) is 0 Å². The monoisotopic (exact) mass is 277 g/mol. The van der Waals surface area contributed by atoms with E-state index < -0.39 is 0 Å². The Morgan fingerprint density at radius 3 is 2.74 bits per heavy atom. The molecule has 0 aliphatic rings. The van der Waals surface area contributed by atoms with E-state index in [0.717, 1.165) is 17.1 Å². The maximum absolute atomic E-state index is 5.94. The molecule has 0 saturated heterocycles. The highest BCUT2D eigenvalue weighted by Crippen LogP contribution is 2.21. The second-order valence-electron chi connectivity index (χ2n) is 4.31. The molecule has 0 aliphatic heterocycles. The average molecular weight is 278 g/mol. The molecule has 0 fully saturated rings. The molecule has 0 unspecified atom stereocenters. The van der Waals surface area contributed by atoms with Crippen molar-refractivity contribution >= 4 is 17.3 Å². The molecule has 0 bridgehead atoms. The van der Waals surface area contributed by atoms with E-state index >= 15 is 0 Å². The smallest absolute Gasteiger partial charge is 0.149 e. The van der Waals surface area contributed by atoms with Crippen LogP contribution in [0.4, 0.5) is 5.69 Å². The first-order chi connectivity index (χ1) is 9.08. The number of aromatic nitrogens is 2. The topological polar surface area (TPSA) is 38.2 Å². The molecule has 2 aromatic rings. The molecule has 0 aliphatic carbocycles. The molecule has 5 heteroatoms. The fourth-order valence-corrected chi connectivity index (χ4v) is 2.07. The van der Waals surface area contributed by atoms with Crippen LogP contribution in [-0.4, -0.2) is 24.1 Å². The first kappa shape index (κ1) is 13.6. The van der Waals surface area contributed by atoms with Gasteiger partial charge in [-0.25, -0.2) is 9.97 Å². The summed E-state index contributed by atoms with van der Waals surface area (Å²) >= 11 is 5.94. The summed E-state index contributed by atoms with van der Waals surface area (Å²) in [5, 5.41) is 0.474. The predicted molar refractivity (Wildman–Crippen MR) is 76.9 cm³/mol. The molecule has 0 N–H and O–H groups in total. The lowest BCUT2D eigenvalue weighted by Gasteiger charge is -2.19. The fraction of sp³-hybridized carbons (Fsp3) is 0.286. The normalized spacial score (nSPS) is 10.3. The van der Waals surface area contributed by atoms with E-state index in [1.165, 1.54) is 0 Å². The Hall–Kier alpha value is -1.81. The van der Waals surface area contributed by atoms with Gasteiger partial charge in [0, 0.05) is 24.5 Å². The summed E-state index contributed by atoms with van der Waals surface area (Å²) in [6.07, 6.45) is 0. The first-order valence-corrected chi connectivity index (χ1v) is 6.31. The number of nitrogens with zero attached hydrogens (tertiary/aromatic N) is 3. The summed E-state index contributed by atoms with van der Waals surface area (Å²) in [7, 11) is 3.64. The predicted octanol–water partition coefficient (Wildman–Crippen LogP) is 3.08. The molecule has 2 rings (SSSR count). The number of methoxy groups -OCH3 is 1. The van der Waals surface area contributed by atoms with Crippen molar-refractivity contribution in [2.45, 2.75) is 13.5 Å². The Bertz CT molecular complexity index is 554. The van der Waals surface area contributed by atoms with Crippen molar-refractivity contribution in [3.05, 3.63) is 47.0 Å². The quantitative estimate of drug-likeness (QED) is 0.805. The van der Waals surface area contributed by atoms with E-state index in [1.54, 1.807) is 13.2 Å². The lowest BCUT2D eigenvalue weighted by atomic mass is 10.2. The number of halogens is 1. The summed E-state index contributed by atoms with van der Waals surface area (Å²) in [6.45, 7) is 2.50. The van der Waals surface area contributed by atoms with Crippen molar-refractivity contribution in [1.29, 1.82) is 0 Å². The highest BCUT2D eigenvalue weighted by Gasteiger charge is 2.07. The number of aryl methyl sites for hydroxylation is 1. The molecule has 0 saturated carbocycles. The highest BCUT2D eigenvalue weighted by molar-refractivity contribution is 6.29. The van der Waals surface area contributed by atoms with E-state index in [-0.39, 0.29) is 0 Å². The fourth-order valence-electron chi connectivity index (χ4n) is 1.81. The zero-order valence-electron chi connectivity index (χ0n) is 11.2. The third kappa shape index (κ3) is 3.58. The summed E-state index contributed by atoms with van der Waals surface area (Å²) < 4.78 is 5.21. The molecule has 0 radical (unpaired) electrons. The second-order valence-corrected chi connectivity index (χ2v) is 4.69. The van der Waals surface area contributed by atoms with Crippen LogP contribution in [-0.2, 0) is 6.54 Å². The highest BCUT2D eigenvalue weighted by atomic mass is 35.5. The van der Waals surface area contributed by atoms with Crippen molar-refractivity contribution in [1.82, 2.24) is 9.97 Å². The van der Waals surface area contributed by atoms with Gasteiger partial charge in [0.15, 0.2) is 0 Å². The number of ether oxygens (including phenoxy) is 1. The Morgan fingerprint density at radius 2 is 2.05 bits per heavy atom. The Morgan fingerprint density at radius 1 is 1.26 bits per heavy atom. The number of benzene rings is 1. The van der Waals surface area contributed by atoms with Gasteiger partial charge in [0.25, 0.3) is 0 Å². The number of hydrogen-bond acceptors (Lipinski definition) is 4. The number of anilines is 1. The largest absolute Gasteiger partial charge is 0.497 e. The van der Waals surface area contributed by atoms with Crippen molar-refractivity contribution in [3.8, 4) is 5.75 Å². The minimum Gasteiger partial charge on any atom is -0.497 e. The molecule has 0 amide bonds. The maximum atomic E-state index is 5.94. The zero-order valence-corrected chi connectivity index (χ0v) is 12.0. The first-order valence-electron chi connectivity index (χ1n) is 5.94. The van der Waals surface area contributed by atoms with E-state index in [0.29, 0.717) is 17.5 Å². The van der Waals surface area contributed by atoms with Crippen molar-refractivity contribution in [2.24, 2.45) is 0 Å². The van der Waals surface area contributed by atoms with Crippen LogP contribution in [0.3, 0.4) is 0 Å². The number of rotatable bonds is 4. The lowest BCUT2D eigenvalue weighted by Crippen LogP contribution is -2.18. The van der Waals surface area contributed by atoms with Gasteiger partial charge in [0.1, 0.15) is 16.7 Å². The molecule has 1 aromatic carbocycles. The maximum Gasteiger partial charge on any atom is 0.149 e. The third-order valence-corrected chi connectivity index (χ3v) is 2.94. The van der Waals surface area contributed by atoms with Gasteiger partial charge in [-0.05, 0) is 25.1 Å². The lowest BCUT2D eigenvalue weighted by molar-refractivity contribution is 0.415. The number of hydrogen-bond donors (Lipinski definition) is 0. The van der Waals surface area contributed by atoms with Gasteiger partial charge in [-0.2, -0.15) is 0 Å². The molecule has 1 heterocycles. The molecule has 0 atom stereocenters. The van der Waals surface area contributed by atoms with Crippen LogP contribution in [0.15, 0.2) is 30.3 Å². The van der Waals surface area contributed by atoms with Crippen LogP contribution in [0.25, 0.3) is 0 Å². The second kappa shape index (κ2) is 5.89. The Labute approximate surface area is 118 Å². The van der Waals surface area contributed by atoms with Crippen molar-refractivity contribution < 1.29 is 4.74 Å². The Balaban J connectivity index is 2.17. The van der Waals surface area contributed by atoms with Crippen LogP contribution in [0.2, 0.25) is 5.15 Å². The van der Waals surface area contributed by atoms with E-state index in [4.69, 9.17) is 16.3 Å². The van der Waals surface area contributed by atoms with Crippen LogP contribution >= 0.6 is 11.6 Å². The molecule has 4 nitrogen and oxygen atoms in total. The summed E-state index contributed by atoms with van der Waals surface area (Å²) in [5.41, 5.74) is 1.91. The minimum atomic E-state index is 0.474. The van der Waals surface area contributed by atoms with Gasteiger partial charge in [-0.1, -0.05) is 17.7 Å². The van der Waals surface area contributed by atoms with Crippen LogP contribution in [0.1, 0.15) is 11.5 Å². The molecular formula is C14H16ClN3O. The molecule has 100 valence electrons. The molecule has 0 spiro atoms. The summed E-state index contributed by atoms with van der Waals surface area (Å²) in [5.74, 6) is 1.53. The van der Waals surface area contributed by atoms with Gasteiger partial charge in [0.2, 0.25) is 0 Å². The van der Waals surface area contributed by atoms with Gasteiger partial charge in [-0.15, -0.1) is 0 Å². The SMILES string of the molecule is COc1cccc(N(C)Cc2nc(C)cc(Cl)n2)c1. The van der Waals surface area contributed by atoms with Crippen LogP contribution in [0.5, 0.6) is 5.75 Å². The third-order valence-electron chi connectivity index (χ3n) is 2.74. The summed E-state index contributed by atoms with van der Waals surface area (Å²) in [4.78, 5) is 10.6. The standard InChI is InChI=1S/C14H16ClN3O/c1-10-7-13(15)17-14(16-10)9-18(2)11-5-4-6-12(8-11)19-3/h4-8H,9H2,1-3H3. The molecular weight excluding hydrogens is 262 g/mol. The van der Waals surface area contributed by atoms with Crippen molar-refractivity contribution in [2.75, 3.05) is 19.1 Å². The van der Waals surface area contributed by atoms with Crippen molar-refractivity contribution in [3.63, 3.8) is 0 Å². The molecule has 1 aromatic heterocycles. The van der Waals surface area contributed by atoms with Gasteiger partial charge in [-0.3, -0.25) is 0 Å². The van der Waals surface area contributed by atoms with E-state index in [1.807, 2.05) is 43.1 Å². The van der Waals surface area contributed by atoms with Gasteiger partial charge >= 0.3 is 0 Å².